The van der Waals surface area contributed by atoms with Crippen LogP contribution >= 0.6 is 0 Å². The maximum absolute atomic E-state index is 8.33. The average molecular weight is 668 g/mol. The second-order valence-electron chi connectivity index (χ2n) is 14.5. The zero-order chi connectivity index (χ0) is 34.6. The van der Waals surface area contributed by atoms with Gasteiger partial charge in [-0.2, -0.15) is 0 Å². The van der Waals surface area contributed by atoms with Crippen molar-refractivity contribution in [1.29, 1.82) is 0 Å². The molecule has 0 bridgehead atoms. The van der Waals surface area contributed by atoms with E-state index >= 15 is 0 Å². The van der Waals surface area contributed by atoms with Gasteiger partial charge in [0.25, 0.3) is 0 Å². The Bertz CT molecular complexity index is 2520. The van der Waals surface area contributed by atoms with Gasteiger partial charge in [0.15, 0.2) is 0 Å². The highest BCUT2D eigenvalue weighted by Crippen LogP contribution is 2.61. The molecule has 2 nitrogen and oxygen atoms in total. The summed E-state index contributed by atoms with van der Waals surface area (Å²) in [6, 6.07) is 33.7. The van der Waals surface area contributed by atoms with Crippen LogP contribution in [0, 0.1) is 5.92 Å². The van der Waals surface area contributed by atoms with Crippen LogP contribution in [-0.4, -0.2) is 11.0 Å². The van der Waals surface area contributed by atoms with Crippen molar-refractivity contribution in [2.24, 2.45) is 5.92 Å². The number of nitrogens with one attached hydrogen (secondary N) is 1. The summed E-state index contributed by atoms with van der Waals surface area (Å²) in [6.45, 7) is 0. The molecular formula is C50H39N2-. The maximum Gasteiger partial charge on any atom is 0.0664 e. The van der Waals surface area contributed by atoms with Gasteiger partial charge < -0.3 is 5.73 Å². The Kier molecular flexibility index (Phi) is 7.58. The summed E-state index contributed by atoms with van der Waals surface area (Å²) in [7, 11) is 0. The molecule has 3 unspecified atom stereocenters. The molecule has 0 spiro atoms. The highest BCUT2D eigenvalue weighted by Gasteiger charge is 2.42. The Morgan fingerprint density at radius 3 is 2.27 bits per heavy atom. The predicted molar refractivity (Wildman–Crippen MR) is 218 cm³/mol. The van der Waals surface area contributed by atoms with Crippen molar-refractivity contribution < 1.29 is 0 Å². The van der Waals surface area contributed by atoms with Crippen LogP contribution in [0.1, 0.15) is 57.8 Å². The van der Waals surface area contributed by atoms with Gasteiger partial charge >= 0.3 is 0 Å². The number of benzene rings is 4. The van der Waals surface area contributed by atoms with Gasteiger partial charge in [-0.1, -0.05) is 163 Å². The fourth-order valence-corrected chi connectivity index (χ4v) is 9.44. The third-order valence-corrected chi connectivity index (χ3v) is 11.7. The van der Waals surface area contributed by atoms with E-state index in [4.69, 9.17) is 10.7 Å². The van der Waals surface area contributed by atoms with Crippen LogP contribution in [0.3, 0.4) is 0 Å². The largest absolute Gasteiger partial charge is 0.668 e. The minimum absolute atomic E-state index is 0.210. The SMILES string of the molecule is [NH-]C1C=CC=C/C1=C/C=C/c1ncc(-c2ccc3c4c(cccc24)C2=C3C(c3ccccc3)C3C=CC=CC3=C2c2ccccc2)c2c1CCCC2. The quantitative estimate of drug-likeness (QED) is 0.184. The minimum atomic E-state index is -0.317. The maximum atomic E-state index is 8.33. The van der Waals surface area contributed by atoms with Crippen LogP contribution in [0.4, 0.5) is 0 Å². The molecular weight excluding hydrogens is 629 g/mol. The van der Waals surface area contributed by atoms with E-state index in [1.807, 2.05) is 24.3 Å². The van der Waals surface area contributed by atoms with E-state index in [-0.39, 0.29) is 17.9 Å². The van der Waals surface area contributed by atoms with Crippen molar-refractivity contribution >= 4 is 33.6 Å². The molecule has 3 atom stereocenters. The van der Waals surface area contributed by atoms with E-state index in [1.165, 1.54) is 90.4 Å². The van der Waals surface area contributed by atoms with Crippen LogP contribution in [0.25, 0.3) is 50.4 Å². The lowest BCUT2D eigenvalue weighted by molar-refractivity contribution is 0.682. The number of hydrogen-bond donors (Lipinski definition) is 0. The standard InChI is InChI=1S/C50H39N2/c51-44-27-12-7-15-32(44)20-13-28-45-37-22-9-8-21-35(37)43(31-52-45)36-29-30-42-48-38(36)25-14-26-41(48)49-46(33-16-3-1-4-17-33)39-23-10-11-24-40(39)47(50(42)49)34-18-5-2-6-19-34/h1-7,10-20,23-31,40,44,47,51H,8-9,21-22H2/q-1/b28-13+,32-20-. The van der Waals surface area contributed by atoms with Crippen LogP contribution in [0.2, 0.25) is 0 Å². The van der Waals surface area contributed by atoms with E-state index in [9.17, 15) is 0 Å². The van der Waals surface area contributed by atoms with Crippen molar-refractivity contribution in [2.75, 3.05) is 0 Å². The van der Waals surface area contributed by atoms with Gasteiger partial charge in [0, 0.05) is 23.6 Å². The highest BCUT2D eigenvalue weighted by molar-refractivity contribution is 6.29. The molecule has 0 fully saturated rings. The first kappa shape index (κ1) is 30.9. The van der Waals surface area contributed by atoms with E-state index in [0.717, 1.165) is 24.1 Å². The Morgan fingerprint density at radius 2 is 1.42 bits per heavy atom. The monoisotopic (exact) mass is 667 g/mol. The smallest absolute Gasteiger partial charge is 0.0664 e. The summed E-state index contributed by atoms with van der Waals surface area (Å²) in [4.78, 5) is 5.13. The first-order valence-electron chi connectivity index (χ1n) is 18.7. The lowest BCUT2D eigenvalue weighted by Gasteiger charge is -2.37. The number of rotatable bonds is 5. The number of nitrogens with zero attached hydrogens (tertiary/aromatic N) is 1. The van der Waals surface area contributed by atoms with E-state index in [0.29, 0.717) is 0 Å². The van der Waals surface area contributed by atoms with Crippen LogP contribution < -0.4 is 0 Å². The first-order valence-corrected chi connectivity index (χ1v) is 18.7. The summed E-state index contributed by atoms with van der Waals surface area (Å²) in [6.07, 6.45) is 30.0. The van der Waals surface area contributed by atoms with Crippen molar-refractivity contribution in [3.63, 3.8) is 0 Å². The molecule has 250 valence electrons. The van der Waals surface area contributed by atoms with Gasteiger partial charge in [0.1, 0.15) is 0 Å². The molecule has 4 aromatic carbocycles. The predicted octanol–water partition coefficient (Wildman–Crippen LogP) is 12.5. The molecule has 0 aliphatic heterocycles. The van der Waals surface area contributed by atoms with Crippen LogP contribution in [0.5, 0.6) is 0 Å². The lowest BCUT2D eigenvalue weighted by atomic mass is 9.66. The third-order valence-electron chi connectivity index (χ3n) is 11.7. The molecule has 1 N–H and O–H groups in total. The molecule has 5 aliphatic carbocycles. The Balaban J connectivity index is 1.16. The van der Waals surface area contributed by atoms with Crippen molar-refractivity contribution in [3.8, 4) is 11.1 Å². The Labute approximate surface area is 306 Å². The molecule has 2 heteroatoms. The van der Waals surface area contributed by atoms with E-state index < -0.39 is 0 Å². The molecule has 1 heterocycles. The van der Waals surface area contributed by atoms with E-state index in [1.54, 1.807) is 0 Å². The Hall–Kier alpha value is -5.83. The zero-order valence-electron chi connectivity index (χ0n) is 29.1. The molecule has 5 aliphatic rings. The average Bonchev–Trinajstić information content (AvgIpc) is 3.53. The highest BCUT2D eigenvalue weighted by atomic mass is 14.7. The lowest BCUT2D eigenvalue weighted by Crippen LogP contribution is -2.21. The second kappa shape index (κ2) is 12.7. The first-order chi connectivity index (χ1) is 25.8. The molecule has 1 aromatic heterocycles. The zero-order valence-corrected chi connectivity index (χ0v) is 29.1. The summed E-state index contributed by atoms with van der Waals surface area (Å²) in [5.74, 6) is 0.456. The van der Waals surface area contributed by atoms with E-state index in [2.05, 4.69) is 140 Å². The van der Waals surface area contributed by atoms with Gasteiger partial charge in [-0.05, 0) is 104 Å². The number of aromatic nitrogens is 1. The number of pyridine rings is 1. The van der Waals surface area contributed by atoms with Gasteiger partial charge in [0.05, 0.1) is 5.69 Å². The number of fused-ring (bicyclic) bond motifs is 4. The van der Waals surface area contributed by atoms with Crippen molar-refractivity contribution in [1.82, 2.24) is 4.98 Å². The van der Waals surface area contributed by atoms with Crippen molar-refractivity contribution in [2.45, 2.75) is 37.6 Å². The third kappa shape index (κ3) is 4.93. The second-order valence-corrected chi connectivity index (χ2v) is 14.5. The fourth-order valence-electron chi connectivity index (χ4n) is 9.44. The molecule has 10 rings (SSSR count). The minimum Gasteiger partial charge on any atom is -0.668 e. The van der Waals surface area contributed by atoms with Gasteiger partial charge in [-0.3, -0.25) is 4.98 Å². The van der Waals surface area contributed by atoms with Crippen molar-refractivity contribution in [3.05, 3.63) is 214 Å². The summed E-state index contributed by atoms with van der Waals surface area (Å²) >= 11 is 0. The van der Waals surface area contributed by atoms with Crippen LogP contribution in [-0.2, 0) is 12.8 Å². The van der Waals surface area contributed by atoms with Gasteiger partial charge in [0.2, 0.25) is 0 Å². The molecule has 0 saturated heterocycles. The van der Waals surface area contributed by atoms with Crippen LogP contribution in [0.15, 0.2) is 169 Å². The summed E-state index contributed by atoms with van der Waals surface area (Å²) in [5.41, 5.74) is 26.7. The normalized spacial score (nSPS) is 22.1. The molecule has 52 heavy (non-hydrogen) atoms. The van der Waals surface area contributed by atoms with Gasteiger partial charge in [-0.15, -0.1) is 0 Å². The number of allylic oxidation sites excluding steroid dienone is 12. The molecule has 0 radical (unpaired) electrons. The Morgan fingerprint density at radius 1 is 0.654 bits per heavy atom. The topological polar surface area (TPSA) is 36.7 Å². The molecule has 0 amide bonds. The van der Waals surface area contributed by atoms with Gasteiger partial charge in [-0.25, -0.2) is 0 Å². The molecule has 5 aromatic rings. The number of hydrogen-bond acceptors (Lipinski definition) is 1. The summed E-state index contributed by atoms with van der Waals surface area (Å²) < 4.78 is 0. The summed E-state index contributed by atoms with van der Waals surface area (Å²) in [5, 5.41) is 2.68. The fraction of sp³-hybridized carbons (Fsp3) is 0.140. The molecule has 0 saturated carbocycles.